The van der Waals surface area contributed by atoms with Crippen LogP contribution in [0.5, 0.6) is 17.2 Å². The summed E-state index contributed by atoms with van der Waals surface area (Å²) >= 11 is 0. The van der Waals surface area contributed by atoms with Gasteiger partial charge in [0.05, 0.1) is 32.6 Å². The molecule has 0 unspecified atom stereocenters. The van der Waals surface area contributed by atoms with Crippen LogP contribution >= 0.6 is 0 Å². The maximum Gasteiger partial charge on any atom is 0.258 e. The average Bonchev–Trinajstić information content (AvgIpc) is 3.09. The quantitative estimate of drug-likeness (QED) is 0.352. The van der Waals surface area contributed by atoms with Gasteiger partial charge in [-0.15, -0.1) is 0 Å². The van der Waals surface area contributed by atoms with Crippen LogP contribution in [0.3, 0.4) is 0 Å². The summed E-state index contributed by atoms with van der Waals surface area (Å²) in [6.45, 7) is 9.03. The lowest BCUT2D eigenvalue weighted by Crippen LogP contribution is -2.36. The number of ether oxygens (including phenoxy) is 3. The van der Waals surface area contributed by atoms with Crippen LogP contribution in [0.2, 0.25) is 0 Å². The Morgan fingerprint density at radius 1 is 1.06 bits per heavy atom. The second-order valence-electron chi connectivity index (χ2n) is 7.78. The van der Waals surface area contributed by atoms with Crippen LogP contribution in [0.1, 0.15) is 41.2 Å². The second kappa shape index (κ2) is 11.9. The Kier molecular flexibility index (Phi) is 8.72. The van der Waals surface area contributed by atoms with Crippen LogP contribution in [0.4, 0.5) is 5.69 Å². The van der Waals surface area contributed by atoms with E-state index in [9.17, 15) is 4.79 Å². The van der Waals surface area contributed by atoms with E-state index >= 15 is 0 Å². The van der Waals surface area contributed by atoms with Gasteiger partial charge in [0, 0.05) is 35.6 Å². The second-order valence-corrected chi connectivity index (χ2v) is 7.78. The van der Waals surface area contributed by atoms with E-state index in [2.05, 4.69) is 20.7 Å². The Morgan fingerprint density at radius 3 is 2.46 bits per heavy atom. The molecule has 1 aromatic heterocycles. The molecule has 3 rings (SSSR count). The fraction of sp³-hybridized carbons (Fsp3) is 0.346. The molecule has 0 aliphatic carbocycles. The summed E-state index contributed by atoms with van der Waals surface area (Å²) < 4.78 is 18.4. The van der Waals surface area contributed by atoms with Gasteiger partial charge in [0.15, 0.2) is 11.5 Å². The van der Waals surface area contributed by atoms with Crippen molar-refractivity contribution in [2.24, 2.45) is 12.0 Å². The summed E-state index contributed by atoms with van der Waals surface area (Å²) in [5.41, 5.74) is 4.07. The number of carbonyl (C=O) groups excluding carboxylic acids is 1. The largest absolute Gasteiger partial charge is 0.497 e. The molecule has 0 radical (unpaired) electrons. The molecular formula is C26H33N5O4. The highest BCUT2D eigenvalue weighted by Gasteiger charge is 2.15. The SMILES string of the molecule is CCOc1ccc(C(=O)NC(=NCc2c(C)nn(C)c2C)Nc2cccc(OC)c2)cc1OCC. The van der Waals surface area contributed by atoms with Gasteiger partial charge in [0.1, 0.15) is 5.75 Å². The highest BCUT2D eigenvalue weighted by molar-refractivity contribution is 6.10. The van der Waals surface area contributed by atoms with E-state index in [4.69, 9.17) is 14.2 Å². The van der Waals surface area contributed by atoms with Gasteiger partial charge in [-0.2, -0.15) is 5.10 Å². The van der Waals surface area contributed by atoms with E-state index in [0.29, 0.717) is 48.5 Å². The van der Waals surface area contributed by atoms with Gasteiger partial charge >= 0.3 is 0 Å². The Bertz CT molecular complexity index is 1200. The summed E-state index contributed by atoms with van der Waals surface area (Å²) in [7, 11) is 3.50. The average molecular weight is 480 g/mol. The van der Waals surface area contributed by atoms with Crippen LogP contribution in [0.25, 0.3) is 0 Å². The lowest BCUT2D eigenvalue weighted by molar-refractivity contribution is 0.0976. The molecule has 0 atom stereocenters. The number of rotatable bonds is 9. The van der Waals surface area contributed by atoms with Gasteiger partial charge in [-0.05, 0) is 58.0 Å². The lowest BCUT2D eigenvalue weighted by atomic mass is 10.2. The number of hydrogen-bond donors (Lipinski definition) is 2. The van der Waals surface area contributed by atoms with E-state index in [1.165, 1.54) is 0 Å². The number of nitrogens with one attached hydrogen (secondary N) is 2. The molecule has 0 fully saturated rings. The number of amides is 1. The minimum Gasteiger partial charge on any atom is -0.497 e. The fourth-order valence-corrected chi connectivity index (χ4v) is 3.52. The zero-order chi connectivity index (χ0) is 25.4. The molecule has 2 N–H and O–H groups in total. The zero-order valence-electron chi connectivity index (χ0n) is 21.1. The number of hydrogen-bond acceptors (Lipinski definition) is 6. The predicted octanol–water partition coefficient (Wildman–Crippen LogP) is 4.24. The first-order chi connectivity index (χ1) is 16.9. The topological polar surface area (TPSA) is 99.0 Å². The molecule has 1 amide bonds. The van der Waals surface area contributed by atoms with Crippen molar-refractivity contribution in [3.05, 3.63) is 65.0 Å². The van der Waals surface area contributed by atoms with Crippen molar-refractivity contribution in [1.29, 1.82) is 0 Å². The highest BCUT2D eigenvalue weighted by Crippen LogP contribution is 2.28. The lowest BCUT2D eigenvalue weighted by Gasteiger charge is -2.15. The number of nitrogens with zero attached hydrogens (tertiary/aromatic N) is 3. The molecule has 3 aromatic rings. The van der Waals surface area contributed by atoms with E-state index in [1.54, 1.807) is 25.3 Å². The van der Waals surface area contributed by atoms with Crippen LogP contribution < -0.4 is 24.8 Å². The number of benzene rings is 2. The van der Waals surface area contributed by atoms with Crippen LogP contribution in [0, 0.1) is 13.8 Å². The minimum atomic E-state index is -0.331. The van der Waals surface area contributed by atoms with Crippen molar-refractivity contribution in [3.8, 4) is 17.2 Å². The molecule has 9 nitrogen and oxygen atoms in total. The monoisotopic (exact) mass is 479 g/mol. The van der Waals surface area contributed by atoms with Gasteiger partial charge in [-0.25, -0.2) is 4.99 Å². The van der Waals surface area contributed by atoms with Crippen molar-refractivity contribution in [2.75, 3.05) is 25.6 Å². The first kappa shape index (κ1) is 25.6. The number of methoxy groups -OCH3 is 1. The third-order valence-electron chi connectivity index (χ3n) is 5.42. The van der Waals surface area contributed by atoms with Gasteiger partial charge in [0.2, 0.25) is 5.96 Å². The zero-order valence-corrected chi connectivity index (χ0v) is 21.1. The molecule has 0 spiro atoms. The maximum absolute atomic E-state index is 13.2. The number of carbonyl (C=O) groups is 1. The molecule has 35 heavy (non-hydrogen) atoms. The predicted molar refractivity (Wildman–Crippen MR) is 137 cm³/mol. The maximum atomic E-state index is 13.2. The molecule has 186 valence electrons. The summed E-state index contributed by atoms with van der Waals surface area (Å²) in [6.07, 6.45) is 0. The number of aryl methyl sites for hydroxylation is 2. The van der Waals surface area contributed by atoms with Gasteiger partial charge < -0.3 is 19.5 Å². The van der Waals surface area contributed by atoms with Gasteiger partial charge in [-0.3, -0.25) is 14.8 Å². The van der Waals surface area contributed by atoms with E-state index < -0.39 is 0 Å². The summed E-state index contributed by atoms with van der Waals surface area (Å²) in [5.74, 6) is 1.77. The molecule has 0 saturated carbocycles. The van der Waals surface area contributed by atoms with Gasteiger partial charge in [0.25, 0.3) is 5.91 Å². The highest BCUT2D eigenvalue weighted by atomic mass is 16.5. The van der Waals surface area contributed by atoms with Gasteiger partial charge in [-0.1, -0.05) is 6.07 Å². The van der Waals surface area contributed by atoms with Crippen molar-refractivity contribution >= 4 is 17.6 Å². The molecule has 1 heterocycles. The molecule has 0 bridgehead atoms. The summed E-state index contributed by atoms with van der Waals surface area (Å²) in [4.78, 5) is 17.8. The fourth-order valence-electron chi connectivity index (χ4n) is 3.52. The molecule has 0 saturated heterocycles. The first-order valence-electron chi connectivity index (χ1n) is 11.5. The number of guanidine groups is 1. The minimum absolute atomic E-state index is 0.303. The van der Waals surface area contributed by atoms with Crippen molar-refractivity contribution in [3.63, 3.8) is 0 Å². The number of aromatic nitrogens is 2. The molecule has 0 aliphatic rings. The van der Waals surface area contributed by atoms with Crippen molar-refractivity contribution in [2.45, 2.75) is 34.2 Å². The summed E-state index contributed by atoms with van der Waals surface area (Å²) in [5, 5.41) is 10.5. The third-order valence-corrected chi connectivity index (χ3v) is 5.42. The van der Waals surface area contributed by atoms with E-state index in [1.807, 2.05) is 63.7 Å². The molecule has 9 heteroatoms. The molecular weight excluding hydrogens is 446 g/mol. The molecule has 2 aromatic carbocycles. The van der Waals surface area contributed by atoms with Crippen LogP contribution in [-0.2, 0) is 13.6 Å². The van der Waals surface area contributed by atoms with E-state index in [-0.39, 0.29) is 5.91 Å². The standard InChI is InChI=1S/C26H33N5O4/c1-7-34-23-13-12-19(14-24(23)35-8-2)25(32)29-26(28-20-10-9-11-21(15-20)33-6)27-16-22-17(3)30-31(5)18(22)4/h9-15H,7-8,16H2,1-6H3,(H2,27,28,29,32). The Hall–Kier alpha value is -4.01. The third kappa shape index (κ3) is 6.53. The molecule has 0 aliphatic heterocycles. The number of aliphatic imine (C=N–C) groups is 1. The van der Waals surface area contributed by atoms with E-state index in [0.717, 1.165) is 22.6 Å². The Morgan fingerprint density at radius 2 is 1.80 bits per heavy atom. The van der Waals surface area contributed by atoms with Crippen LogP contribution in [0.15, 0.2) is 47.5 Å². The van der Waals surface area contributed by atoms with Crippen molar-refractivity contribution in [1.82, 2.24) is 15.1 Å². The summed E-state index contributed by atoms with van der Waals surface area (Å²) in [6, 6.07) is 12.5. The van der Waals surface area contributed by atoms with Crippen LogP contribution in [-0.4, -0.2) is 42.0 Å². The Balaban J connectivity index is 1.89. The van der Waals surface area contributed by atoms with Crippen molar-refractivity contribution < 1.29 is 19.0 Å². The first-order valence-corrected chi connectivity index (χ1v) is 11.5. The normalized spacial score (nSPS) is 11.2. The smallest absolute Gasteiger partial charge is 0.258 e. The number of anilines is 1. The Labute approximate surface area is 206 Å².